The summed E-state index contributed by atoms with van der Waals surface area (Å²) >= 11 is 1.28. The van der Waals surface area contributed by atoms with Crippen LogP contribution in [0.15, 0.2) is 35.4 Å². The summed E-state index contributed by atoms with van der Waals surface area (Å²) in [4.78, 5) is 11.7. The molecule has 0 aliphatic heterocycles. The molecule has 1 aromatic heterocycles. The molecular formula is C12H10F3N3OS. The minimum absolute atomic E-state index is 0.250. The van der Waals surface area contributed by atoms with Gasteiger partial charge >= 0.3 is 6.18 Å². The molecule has 1 aromatic carbocycles. The first-order chi connectivity index (χ1) is 9.36. The maximum Gasteiger partial charge on any atom is 0.434 e. The summed E-state index contributed by atoms with van der Waals surface area (Å²) in [6.45, 7) is 0. The first-order valence-corrected chi connectivity index (χ1v) is 6.67. The summed E-state index contributed by atoms with van der Waals surface area (Å²) in [7, 11) is 0. The highest BCUT2D eigenvalue weighted by atomic mass is 32.2. The Morgan fingerprint density at radius 1 is 1.35 bits per heavy atom. The van der Waals surface area contributed by atoms with Gasteiger partial charge in [-0.25, -0.2) is 4.68 Å². The summed E-state index contributed by atoms with van der Waals surface area (Å²) in [6, 6.07) is 6.48. The number of rotatable bonds is 3. The van der Waals surface area contributed by atoms with Crippen molar-refractivity contribution in [2.45, 2.75) is 11.1 Å². The normalized spacial score (nSPS) is 11.6. The van der Waals surface area contributed by atoms with Gasteiger partial charge in [0, 0.05) is 4.90 Å². The monoisotopic (exact) mass is 301 g/mol. The van der Waals surface area contributed by atoms with Crippen LogP contribution < -0.4 is 5.73 Å². The number of alkyl halides is 3. The molecular weight excluding hydrogens is 291 g/mol. The topological polar surface area (TPSA) is 60.9 Å². The van der Waals surface area contributed by atoms with Crippen molar-refractivity contribution in [3.63, 3.8) is 0 Å². The minimum Gasteiger partial charge on any atom is -0.365 e. The average Bonchev–Trinajstić information content (AvgIpc) is 2.83. The molecule has 2 N–H and O–H groups in total. The van der Waals surface area contributed by atoms with Crippen LogP contribution in [-0.2, 0) is 6.18 Å². The van der Waals surface area contributed by atoms with Crippen LogP contribution >= 0.6 is 11.8 Å². The molecule has 0 aliphatic rings. The minimum atomic E-state index is -4.73. The van der Waals surface area contributed by atoms with Crippen molar-refractivity contribution < 1.29 is 18.0 Å². The van der Waals surface area contributed by atoms with E-state index in [-0.39, 0.29) is 5.69 Å². The number of thioether (sulfide) groups is 1. The van der Waals surface area contributed by atoms with Crippen LogP contribution in [0.1, 0.15) is 16.1 Å². The number of aromatic nitrogens is 2. The fourth-order valence-electron chi connectivity index (χ4n) is 1.79. The van der Waals surface area contributed by atoms with E-state index >= 15 is 0 Å². The molecule has 0 aliphatic carbocycles. The van der Waals surface area contributed by atoms with Gasteiger partial charge in [-0.05, 0) is 18.4 Å². The number of para-hydroxylation sites is 1. The van der Waals surface area contributed by atoms with E-state index in [0.29, 0.717) is 9.58 Å². The largest absolute Gasteiger partial charge is 0.434 e. The van der Waals surface area contributed by atoms with E-state index in [9.17, 15) is 18.0 Å². The number of nitrogens with two attached hydrogens (primary N) is 1. The van der Waals surface area contributed by atoms with Gasteiger partial charge in [-0.3, -0.25) is 4.79 Å². The lowest BCUT2D eigenvalue weighted by molar-refractivity contribution is -0.143. The Morgan fingerprint density at radius 2 is 2.00 bits per heavy atom. The zero-order chi connectivity index (χ0) is 14.9. The Bertz CT molecular complexity index is 652. The molecule has 1 amide bonds. The maximum absolute atomic E-state index is 13.1. The Morgan fingerprint density at radius 3 is 2.55 bits per heavy atom. The number of halogens is 3. The van der Waals surface area contributed by atoms with Crippen molar-refractivity contribution >= 4 is 17.7 Å². The van der Waals surface area contributed by atoms with Gasteiger partial charge in [0.15, 0.2) is 5.69 Å². The van der Waals surface area contributed by atoms with E-state index in [1.54, 1.807) is 24.5 Å². The molecule has 0 atom stereocenters. The second-order valence-electron chi connectivity index (χ2n) is 3.85. The van der Waals surface area contributed by atoms with Gasteiger partial charge in [-0.15, -0.1) is 11.8 Å². The van der Waals surface area contributed by atoms with Gasteiger partial charge in [-0.1, -0.05) is 12.1 Å². The van der Waals surface area contributed by atoms with Crippen LogP contribution in [0, 0.1) is 0 Å². The van der Waals surface area contributed by atoms with Crippen LogP contribution in [0.3, 0.4) is 0 Å². The molecule has 2 rings (SSSR count). The van der Waals surface area contributed by atoms with Gasteiger partial charge in [0.25, 0.3) is 5.91 Å². The van der Waals surface area contributed by atoms with E-state index in [0.717, 1.165) is 6.20 Å². The zero-order valence-corrected chi connectivity index (χ0v) is 11.1. The zero-order valence-electron chi connectivity index (χ0n) is 10.3. The highest BCUT2D eigenvalue weighted by Crippen LogP contribution is 2.35. The van der Waals surface area contributed by atoms with Gasteiger partial charge in [-0.2, -0.15) is 18.3 Å². The van der Waals surface area contributed by atoms with Crippen molar-refractivity contribution in [2.75, 3.05) is 6.26 Å². The summed E-state index contributed by atoms with van der Waals surface area (Å²) in [5.74, 6) is -1.16. The van der Waals surface area contributed by atoms with Crippen LogP contribution in [0.5, 0.6) is 0 Å². The molecule has 8 heteroatoms. The fraction of sp³-hybridized carbons (Fsp3) is 0.167. The van der Waals surface area contributed by atoms with Crippen molar-refractivity contribution in [1.82, 2.24) is 9.78 Å². The van der Waals surface area contributed by atoms with E-state index in [1.165, 1.54) is 17.8 Å². The number of primary amides is 1. The van der Waals surface area contributed by atoms with Crippen molar-refractivity contribution in [1.29, 1.82) is 0 Å². The Labute approximate surface area is 116 Å². The number of carbonyl (C=O) groups is 1. The van der Waals surface area contributed by atoms with E-state index in [2.05, 4.69) is 5.10 Å². The Balaban J connectivity index is 2.72. The molecule has 0 radical (unpaired) electrons. The number of hydrogen-bond donors (Lipinski definition) is 1. The summed E-state index contributed by atoms with van der Waals surface area (Å²) in [5, 5.41) is 3.67. The molecule has 2 aromatic rings. The molecule has 4 nitrogen and oxygen atoms in total. The molecule has 20 heavy (non-hydrogen) atoms. The first kappa shape index (κ1) is 14.4. The maximum atomic E-state index is 13.1. The van der Waals surface area contributed by atoms with Crippen LogP contribution in [0.2, 0.25) is 0 Å². The third-order valence-electron chi connectivity index (χ3n) is 2.62. The molecule has 0 unspecified atom stereocenters. The smallest absolute Gasteiger partial charge is 0.365 e. The summed E-state index contributed by atoms with van der Waals surface area (Å²) in [6.07, 6.45) is -2.15. The Kier molecular flexibility index (Phi) is 3.76. The molecule has 0 saturated heterocycles. The van der Waals surface area contributed by atoms with Gasteiger partial charge in [0.05, 0.1) is 17.4 Å². The molecule has 1 heterocycles. The van der Waals surface area contributed by atoms with E-state index < -0.39 is 23.3 Å². The highest BCUT2D eigenvalue weighted by Gasteiger charge is 2.40. The number of hydrogen-bond acceptors (Lipinski definition) is 3. The van der Waals surface area contributed by atoms with Gasteiger partial charge in [0.2, 0.25) is 0 Å². The van der Waals surface area contributed by atoms with E-state index in [4.69, 9.17) is 5.73 Å². The second kappa shape index (κ2) is 5.20. The predicted molar refractivity (Wildman–Crippen MR) is 68.9 cm³/mol. The second-order valence-corrected chi connectivity index (χ2v) is 4.70. The van der Waals surface area contributed by atoms with Gasteiger partial charge < -0.3 is 5.73 Å². The predicted octanol–water partition coefficient (Wildman–Crippen LogP) is 2.71. The van der Waals surface area contributed by atoms with Crippen LogP contribution in [0.4, 0.5) is 13.2 Å². The standard InChI is InChI=1S/C12H10F3N3OS/c1-20-9-5-3-2-4-8(9)18-10(12(13,14)15)7(6-17-18)11(16)19/h2-6H,1H3,(H2,16,19). The molecule has 0 saturated carbocycles. The third kappa shape index (κ3) is 2.51. The molecule has 106 valence electrons. The molecule has 0 fully saturated rings. The first-order valence-electron chi connectivity index (χ1n) is 5.44. The summed E-state index contributed by atoms with van der Waals surface area (Å²) in [5.41, 5.74) is 3.42. The van der Waals surface area contributed by atoms with Crippen molar-refractivity contribution in [3.8, 4) is 5.69 Å². The lowest BCUT2D eigenvalue weighted by atomic mass is 10.2. The van der Waals surface area contributed by atoms with Crippen LogP contribution in [-0.4, -0.2) is 21.9 Å². The van der Waals surface area contributed by atoms with E-state index in [1.807, 2.05) is 0 Å². The van der Waals surface area contributed by atoms with Crippen molar-refractivity contribution in [3.05, 3.63) is 41.7 Å². The molecule has 0 spiro atoms. The Hall–Kier alpha value is -1.96. The quantitative estimate of drug-likeness (QED) is 0.887. The van der Waals surface area contributed by atoms with Crippen molar-refractivity contribution in [2.24, 2.45) is 5.73 Å². The lowest BCUT2D eigenvalue weighted by Gasteiger charge is -2.13. The number of benzene rings is 1. The average molecular weight is 301 g/mol. The fourth-order valence-corrected chi connectivity index (χ4v) is 2.37. The number of nitrogens with zero attached hydrogens (tertiary/aromatic N) is 2. The van der Waals surface area contributed by atoms with Gasteiger partial charge in [0.1, 0.15) is 0 Å². The highest BCUT2D eigenvalue weighted by molar-refractivity contribution is 7.98. The number of amides is 1. The lowest BCUT2D eigenvalue weighted by Crippen LogP contribution is -2.21. The summed E-state index contributed by atoms with van der Waals surface area (Å²) < 4.78 is 40.1. The van der Waals surface area contributed by atoms with Crippen LogP contribution in [0.25, 0.3) is 5.69 Å². The molecule has 0 bridgehead atoms. The SMILES string of the molecule is CSc1ccccc1-n1ncc(C(N)=O)c1C(F)(F)F. The third-order valence-corrected chi connectivity index (χ3v) is 3.40. The number of carbonyl (C=O) groups excluding carboxylic acids is 1.